The molecule has 0 spiro atoms. The molecule has 1 saturated heterocycles. The zero-order valence-electron chi connectivity index (χ0n) is 14.1. The highest BCUT2D eigenvalue weighted by Crippen LogP contribution is 2.24. The number of rotatable bonds is 4. The summed E-state index contributed by atoms with van der Waals surface area (Å²) >= 11 is 0. The summed E-state index contributed by atoms with van der Waals surface area (Å²) in [7, 11) is -3.50. The van der Waals surface area contributed by atoms with E-state index < -0.39 is 10.0 Å². The van der Waals surface area contributed by atoms with Crippen LogP contribution in [0.1, 0.15) is 26.3 Å². The average Bonchev–Trinajstić information content (AvgIpc) is 2.51. The largest absolute Gasteiger partial charge is 0.352 e. The van der Waals surface area contributed by atoms with Crippen molar-refractivity contribution in [3.05, 3.63) is 48.4 Å². The van der Waals surface area contributed by atoms with E-state index in [9.17, 15) is 8.42 Å². The highest BCUT2D eigenvalue weighted by atomic mass is 32.2. The highest BCUT2D eigenvalue weighted by Gasteiger charge is 2.31. The molecule has 7 heteroatoms. The first-order valence-electron chi connectivity index (χ1n) is 7.89. The molecule has 0 bridgehead atoms. The Bertz CT molecular complexity index is 793. The van der Waals surface area contributed by atoms with Gasteiger partial charge < -0.3 is 4.90 Å². The molecule has 0 saturated carbocycles. The van der Waals surface area contributed by atoms with Crippen molar-refractivity contribution in [1.29, 1.82) is 0 Å². The molecule has 0 radical (unpaired) electrons. The van der Waals surface area contributed by atoms with Gasteiger partial charge in [-0.2, -0.15) is 0 Å². The summed E-state index contributed by atoms with van der Waals surface area (Å²) in [5.41, 5.74) is 1.11. The zero-order valence-corrected chi connectivity index (χ0v) is 14.9. The molecule has 128 valence electrons. The number of anilines is 1. The molecule has 1 fully saturated rings. The summed E-state index contributed by atoms with van der Waals surface area (Å²) < 4.78 is 27.7. The molecular formula is C17H22N4O2S. The first-order valence-corrected chi connectivity index (χ1v) is 9.38. The van der Waals surface area contributed by atoms with Gasteiger partial charge in [-0.25, -0.2) is 18.1 Å². The fourth-order valence-corrected chi connectivity index (χ4v) is 3.83. The van der Waals surface area contributed by atoms with Gasteiger partial charge in [0.2, 0.25) is 10.0 Å². The number of nitrogens with one attached hydrogen (secondary N) is 1. The maximum Gasteiger partial charge on any atom is 0.240 e. The molecule has 24 heavy (non-hydrogen) atoms. The SMILES string of the molecule is CC(C)(C)c1ccc(S(=O)(=O)NC2CN(c3cnccn3)C2)cc1. The third-order valence-electron chi connectivity index (χ3n) is 4.11. The fourth-order valence-electron chi connectivity index (χ4n) is 2.62. The van der Waals surface area contributed by atoms with E-state index in [4.69, 9.17) is 0 Å². The van der Waals surface area contributed by atoms with Gasteiger partial charge in [0.15, 0.2) is 0 Å². The Balaban J connectivity index is 1.63. The molecule has 1 aliphatic heterocycles. The maximum atomic E-state index is 12.5. The van der Waals surface area contributed by atoms with Crippen molar-refractivity contribution >= 4 is 15.8 Å². The van der Waals surface area contributed by atoms with Crippen LogP contribution in [0.3, 0.4) is 0 Å². The van der Waals surface area contributed by atoms with Crippen molar-refractivity contribution in [3.8, 4) is 0 Å². The van der Waals surface area contributed by atoms with E-state index in [1.54, 1.807) is 30.7 Å². The molecule has 1 aliphatic rings. The Morgan fingerprint density at radius 1 is 1.12 bits per heavy atom. The van der Waals surface area contributed by atoms with Crippen LogP contribution in [0.25, 0.3) is 0 Å². The molecule has 0 aliphatic carbocycles. The van der Waals surface area contributed by atoms with Crippen LogP contribution in [0, 0.1) is 0 Å². The van der Waals surface area contributed by atoms with E-state index in [1.807, 2.05) is 17.0 Å². The van der Waals surface area contributed by atoms with Crippen LogP contribution in [0.5, 0.6) is 0 Å². The minimum atomic E-state index is -3.50. The third kappa shape index (κ3) is 3.57. The van der Waals surface area contributed by atoms with Crippen LogP contribution in [0.4, 0.5) is 5.82 Å². The molecule has 1 N–H and O–H groups in total. The number of nitrogens with zero attached hydrogens (tertiary/aromatic N) is 3. The summed E-state index contributed by atoms with van der Waals surface area (Å²) in [5.74, 6) is 0.766. The van der Waals surface area contributed by atoms with Crippen LogP contribution in [-0.4, -0.2) is 37.5 Å². The lowest BCUT2D eigenvalue weighted by atomic mass is 9.87. The fraction of sp³-hybridized carbons (Fsp3) is 0.412. The first kappa shape index (κ1) is 16.9. The minimum absolute atomic E-state index is 0.000906. The van der Waals surface area contributed by atoms with Crippen molar-refractivity contribution in [3.63, 3.8) is 0 Å². The topological polar surface area (TPSA) is 75.2 Å². The van der Waals surface area contributed by atoms with Crippen molar-refractivity contribution in [2.24, 2.45) is 0 Å². The summed E-state index contributed by atoms with van der Waals surface area (Å²) in [6.07, 6.45) is 4.92. The smallest absolute Gasteiger partial charge is 0.240 e. The predicted octanol–water partition coefficient (Wildman–Crippen LogP) is 1.94. The van der Waals surface area contributed by atoms with Crippen molar-refractivity contribution in [1.82, 2.24) is 14.7 Å². The van der Waals surface area contributed by atoms with E-state index in [0.29, 0.717) is 18.0 Å². The van der Waals surface area contributed by atoms with Gasteiger partial charge in [0.25, 0.3) is 0 Å². The first-order chi connectivity index (χ1) is 11.3. The van der Waals surface area contributed by atoms with Crippen molar-refractivity contribution in [2.75, 3.05) is 18.0 Å². The number of sulfonamides is 1. The average molecular weight is 346 g/mol. The summed E-state index contributed by atoms with van der Waals surface area (Å²) in [6.45, 7) is 7.49. The lowest BCUT2D eigenvalue weighted by Gasteiger charge is -2.39. The van der Waals surface area contributed by atoms with E-state index in [0.717, 1.165) is 11.4 Å². The van der Waals surface area contributed by atoms with Gasteiger partial charge in [0.1, 0.15) is 5.82 Å². The van der Waals surface area contributed by atoms with Crippen LogP contribution < -0.4 is 9.62 Å². The van der Waals surface area contributed by atoms with E-state index >= 15 is 0 Å². The third-order valence-corrected chi connectivity index (χ3v) is 5.64. The lowest BCUT2D eigenvalue weighted by Crippen LogP contribution is -2.59. The summed E-state index contributed by atoms with van der Waals surface area (Å²) in [5, 5.41) is 0. The van der Waals surface area contributed by atoms with E-state index in [1.165, 1.54) is 0 Å². The maximum absolute atomic E-state index is 12.5. The number of hydrogen-bond acceptors (Lipinski definition) is 5. The normalized spacial score (nSPS) is 16.0. The van der Waals surface area contributed by atoms with E-state index in [-0.39, 0.29) is 11.5 Å². The number of aromatic nitrogens is 2. The van der Waals surface area contributed by atoms with Crippen LogP contribution >= 0.6 is 0 Å². The number of hydrogen-bond donors (Lipinski definition) is 1. The Labute approximate surface area is 143 Å². The minimum Gasteiger partial charge on any atom is -0.352 e. The van der Waals surface area contributed by atoms with Gasteiger partial charge in [-0.3, -0.25) is 4.98 Å². The Morgan fingerprint density at radius 3 is 2.33 bits per heavy atom. The van der Waals surface area contributed by atoms with Gasteiger partial charge in [-0.05, 0) is 23.1 Å². The van der Waals surface area contributed by atoms with Crippen molar-refractivity contribution < 1.29 is 8.42 Å². The van der Waals surface area contributed by atoms with Crippen LogP contribution in [0.2, 0.25) is 0 Å². The van der Waals surface area contributed by atoms with Gasteiger partial charge in [-0.15, -0.1) is 0 Å². The molecule has 1 aromatic heterocycles. The second-order valence-corrected chi connectivity index (χ2v) is 8.78. The Kier molecular flexibility index (Phi) is 4.31. The van der Waals surface area contributed by atoms with Crippen LogP contribution in [-0.2, 0) is 15.4 Å². The molecule has 0 atom stereocenters. The van der Waals surface area contributed by atoms with Crippen molar-refractivity contribution in [2.45, 2.75) is 37.1 Å². The Hall–Kier alpha value is -1.99. The van der Waals surface area contributed by atoms with Gasteiger partial charge in [0.05, 0.1) is 17.1 Å². The molecule has 6 nitrogen and oxygen atoms in total. The number of benzene rings is 1. The molecule has 1 aromatic carbocycles. The Morgan fingerprint density at radius 2 is 1.79 bits per heavy atom. The monoisotopic (exact) mass is 346 g/mol. The molecular weight excluding hydrogens is 324 g/mol. The summed E-state index contributed by atoms with van der Waals surface area (Å²) in [4.78, 5) is 10.5. The second kappa shape index (κ2) is 6.14. The quantitative estimate of drug-likeness (QED) is 0.916. The standard InChI is InChI=1S/C17H22N4O2S/c1-17(2,3)13-4-6-15(7-5-13)24(22,23)20-14-11-21(12-14)16-10-18-8-9-19-16/h4-10,14,20H,11-12H2,1-3H3. The van der Waals surface area contributed by atoms with Gasteiger partial charge >= 0.3 is 0 Å². The molecule has 2 heterocycles. The van der Waals surface area contributed by atoms with Gasteiger partial charge in [-0.1, -0.05) is 32.9 Å². The zero-order chi connectivity index (χ0) is 17.4. The van der Waals surface area contributed by atoms with E-state index in [2.05, 4.69) is 35.5 Å². The highest BCUT2D eigenvalue weighted by molar-refractivity contribution is 7.89. The lowest BCUT2D eigenvalue weighted by molar-refractivity contribution is 0.465. The second-order valence-electron chi connectivity index (χ2n) is 7.06. The molecule has 2 aromatic rings. The molecule has 3 rings (SSSR count). The summed E-state index contributed by atoms with van der Waals surface area (Å²) in [6, 6.07) is 6.98. The molecule has 0 amide bonds. The van der Waals surface area contributed by atoms with Crippen LogP contribution in [0.15, 0.2) is 47.8 Å². The van der Waals surface area contributed by atoms with Gasteiger partial charge in [0, 0.05) is 25.5 Å². The predicted molar refractivity (Wildman–Crippen MR) is 93.5 cm³/mol. The molecule has 0 unspecified atom stereocenters.